The molecule has 0 bridgehead atoms. The Balaban J connectivity index is 2.63. The Labute approximate surface area is 97.6 Å². The van der Waals surface area contributed by atoms with Gasteiger partial charge in [0, 0.05) is 0 Å². The van der Waals surface area contributed by atoms with E-state index in [0.717, 1.165) is 32.1 Å². The van der Waals surface area contributed by atoms with E-state index in [4.69, 9.17) is 5.73 Å². The van der Waals surface area contributed by atoms with Crippen LogP contribution < -0.4 is 11.1 Å². The van der Waals surface area contributed by atoms with Crippen molar-refractivity contribution >= 4 is 5.91 Å². The average Bonchev–Trinajstić information content (AvgIpc) is 2.30. The van der Waals surface area contributed by atoms with Crippen LogP contribution in [0.25, 0.3) is 0 Å². The van der Waals surface area contributed by atoms with E-state index >= 15 is 0 Å². The first-order valence-corrected chi connectivity index (χ1v) is 6.18. The van der Waals surface area contributed by atoms with Gasteiger partial charge in [-0.25, -0.2) is 0 Å². The summed E-state index contributed by atoms with van der Waals surface area (Å²) in [7, 11) is 0. The standard InChI is InChI=1S/C12H24N2O2/c1-3-11(2,9-15)14-10(16)12(13)7-5-4-6-8-12/h15H,3-9,13H2,1-2H3,(H,14,16). The molecule has 94 valence electrons. The van der Waals surface area contributed by atoms with E-state index in [9.17, 15) is 9.90 Å². The van der Waals surface area contributed by atoms with Gasteiger partial charge in [-0.3, -0.25) is 4.79 Å². The third kappa shape index (κ3) is 2.95. The molecule has 0 saturated heterocycles. The average molecular weight is 228 g/mol. The van der Waals surface area contributed by atoms with Gasteiger partial charge in [0.2, 0.25) is 5.91 Å². The molecule has 1 saturated carbocycles. The second kappa shape index (κ2) is 5.15. The van der Waals surface area contributed by atoms with Crippen LogP contribution in [0.2, 0.25) is 0 Å². The molecule has 1 unspecified atom stereocenters. The van der Waals surface area contributed by atoms with Gasteiger partial charge in [0.15, 0.2) is 0 Å². The van der Waals surface area contributed by atoms with Crippen molar-refractivity contribution in [3.63, 3.8) is 0 Å². The fraction of sp³-hybridized carbons (Fsp3) is 0.917. The first-order chi connectivity index (χ1) is 7.46. The van der Waals surface area contributed by atoms with E-state index in [1.54, 1.807) is 0 Å². The molecule has 0 aromatic rings. The molecule has 0 heterocycles. The lowest BCUT2D eigenvalue weighted by molar-refractivity contribution is -0.130. The first kappa shape index (κ1) is 13.5. The molecule has 0 spiro atoms. The van der Waals surface area contributed by atoms with Crippen molar-refractivity contribution in [3.05, 3.63) is 0 Å². The van der Waals surface area contributed by atoms with Crippen molar-refractivity contribution in [2.45, 2.75) is 63.5 Å². The van der Waals surface area contributed by atoms with Gasteiger partial charge >= 0.3 is 0 Å². The van der Waals surface area contributed by atoms with Crippen LogP contribution in [0.15, 0.2) is 0 Å². The fourth-order valence-corrected chi connectivity index (χ4v) is 2.05. The van der Waals surface area contributed by atoms with Crippen molar-refractivity contribution in [1.82, 2.24) is 5.32 Å². The minimum absolute atomic E-state index is 0.0503. The van der Waals surface area contributed by atoms with Crippen molar-refractivity contribution in [1.29, 1.82) is 0 Å². The zero-order valence-corrected chi connectivity index (χ0v) is 10.4. The van der Waals surface area contributed by atoms with E-state index in [-0.39, 0.29) is 12.5 Å². The van der Waals surface area contributed by atoms with Crippen LogP contribution in [0.5, 0.6) is 0 Å². The van der Waals surface area contributed by atoms with E-state index in [1.807, 2.05) is 13.8 Å². The third-order valence-corrected chi connectivity index (χ3v) is 3.74. The van der Waals surface area contributed by atoms with Gasteiger partial charge in [-0.05, 0) is 26.2 Å². The lowest BCUT2D eigenvalue weighted by Gasteiger charge is -2.36. The van der Waals surface area contributed by atoms with Gasteiger partial charge in [0.1, 0.15) is 0 Å². The maximum atomic E-state index is 12.1. The van der Waals surface area contributed by atoms with Crippen LogP contribution in [-0.2, 0) is 4.79 Å². The predicted molar refractivity (Wildman–Crippen MR) is 63.9 cm³/mol. The van der Waals surface area contributed by atoms with Gasteiger partial charge in [-0.1, -0.05) is 26.2 Å². The van der Waals surface area contributed by atoms with Gasteiger partial charge in [0.25, 0.3) is 0 Å². The highest BCUT2D eigenvalue weighted by molar-refractivity contribution is 5.86. The van der Waals surface area contributed by atoms with Crippen molar-refractivity contribution in [3.8, 4) is 0 Å². The summed E-state index contributed by atoms with van der Waals surface area (Å²) in [6.07, 6.45) is 5.41. The Bertz CT molecular complexity index is 243. The summed E-state index contributed by atoms with van der Waals surface area (Å²) in [5, 5.41) is 12.1. The number of amides is 1. The smallest absolute Gasteiger partial charge is 0.240 e. The highest BCUT2D eigenvalue weighted by Gasteiger charge is 2.38. The van der Waals surface area contributed by atoms with E-state index in [1.165, 1.54) is 0 Å². The lowest BCUT2D eigenvalue weighted by atomic mass is 9.81. The van der Waals surface area contributed by atoms with E-state index in [2.05, 4.69) is 5.32 Å². The molecule has 16 heavy (non-hydrogen) atoms. The molecule has 1 rings (SSSR count). The second-order valence-corrected chi connectivity index (χ2v) is 5.24. The van der Waals surface area contributed by atoms with Crippen LogP contribution in [0.1, 0.15) is 52.4 Å². The van der Waals surface area contributed by atoms with Gasteiger partial charge in [-0.2, -0.15) is 0 Å². The van der Waals surface area contributed by atoms with E-state index < -0.39 is 11.1 Å². The van der Waals surface area contributed by atoms with Crippen LogP contribution in [0.3, 0.4) is 0 Å². The summed E-state index contributed by atoms with van der Waals surface area (Å²) in [6.45, 7) is 3.74. The summed E-state index contributed by atoms with van der Waals surface area (Å²) < 4.78 is 0. The Hall–Kier alpha value is -0.610. The summed E-state index contributed by atoms with van der Waals surface area (Å²) in [4.78, 5) is 12.1. The molecular weight excluding hydrogens is 204 g/mol. The summed E-state index contributed by atoms with van der Waals surface area (Å²) >= 11 is 0. The Kier molecular flexibility index (Phi) is 4.33. The Morgan fingerprint density at radius 3 is 2.44 bits per heavy atom. The highest BCUT2D eigenvalue weighted by atomic mass is 16.3. The topological polar surface area (TPSA) is 75.3 Å². The van der Waals surface area contributed by atoms with Gasteiger partial charge in [-0.15, -0.1) is 0 Å². The van der Waals surface area contributed by atoms with E-state index in [0.29, 0.717) is 6.42 Å². The van der Waals surface area contributed by atoms with Gasteiger partial charge < -0.3 is 16.2 Å². The largest absolute Gasteiger partial charge is 0.394 e. The number of carbonyl (C=O) groups is 1. The predicted octanol–water partition coefficient (Wildman–Crippen LogP) is 0.925. The summed E-state index contributed by atoms with van der Waals surface area (Å²) in [5.41, 5.74) is 4.87. The van der Waals surface area contributed by atoms with Crippen LogP contribution in [-0.4, -0.2) is 28.7 Å². The quantitative estimate of drug-likeness (QED) is 0.670. The molecule has 0 aromatic heterocycles. The molecule has 4 nitrogen and oxygen atoms in total. The first-order valence-electron chi connectivity index (χ1n) is 6.18. The molecule has 4 heteroatoms. The number of hydrogen-bond acceptors (Lipinski definition) is 3. The summed E-state index contributed by atoms with van der Waals surface area (Å²) in [5.74, 6) is -0.106. The number of carbonyl (C=O) groups excluding carboxylic acids is 1. The zero-order chi connectivity index (χ0) is 12.2. The van der Waals surface area contributed by atoms with Crippen LogP contribution >= 0.6 is 0 Å². The Morgan fingerprint density at radius 2 is 2.00 bits per heavy atom. The normalized spacial score (nSPS) is 23.5. The molecule has 1 atom stereocenters. The highest BCUT2D eigenvalue weighted by Crippen LogP contribution is 2.26. The monoisotopic (exact) mass is 228 g/mol. The van der Waals surface area contributed by atoms with Crippen molar-refractivity contribution < 1.29 is 9.90 Å². The molecule has 0 radical (unpaired) electrons. The second-order valence-electron chi connectivity index (χ2n) is 5.24. The molecule has 0 aliphatic heterocycles. The lowest BCUT2D eigenvalue weighted by Crippen LogP contribution is -2.61. The Morgan fingerprint density at radius 1 is 1.44 bits per heavy atom. The van der Waals surface area contributed by atoms with Crippen molar-refractivity contribution in [2.75, 3.05) is 6.61 Å². The van der Waals surface area contributed by atoms with Crippen LogP contribution in [0, 0.1) is 0 Å². The number of rotatable bonds is 4. The minimum Gasteiger partial charge on any atom is -0.394 e. The molecular formula is C12H24N2O2. The molecule has 0 aromatic carbocycles. The maximum Gasteiger partial charge on any atom is 0.240 e. The number of aliphatic hydroxyl groups is 1. The number of hydrogen-bond donors (Lipinski definition) is 3. The summed E-state index contributed by atoms with van der Waals surface area (Å²) in [6, 6.07) is 0. The molecule has 1 amide bonds. The van der Waals surface area contributed by atoms with Gasteiger partial charge in [0.05, 0.1) is 17.7 Å². The SMILES string of the molecule is CCC(C)(CO)NC(=O)C1(N)CCCCC1. The van der Waals surface area contributed by atoms with Crippen LogP contribution in [0.4, 0.5) is 0 Å². The number of nitrogens with one attached hydrogen (secondary N) is 1. The maximum absolute atomic E-state index is 12.1. The fourth-order valence-electron chi connectivity index (χ4n) is 2.05. The minimum atomic E-state index is -0.718. The molecule has 4 N–H and O–H groups in total. The number of aliphatic hydroxyl groups excluding tert-OH is 1. The number of nitrogens with two attached hydrogens (primary N) is 1. The molecule has 1 aliphatic carbocycles. The molecule has 1 fully saturated rings. The zero-order valence-electron chi connectivity index (χ0n) is 10.4. The van der Waals surface area contributed by atoms with Crippen molar-refractivity contribution in [2.24, 2.45) is 5.73 Å². The third-order valence-electron chi connectivity index (χ3n) is 3.74. The molecule has 1 aliphatic rings.